The molecule has 0 radical (unpaired) electrons. The van der Waals surface area contributed by atoms with Gasteiger partial charge < -0.3 is 10.1 Å². The summed E-state index contributed by atoms with van der Waals surface area (Å²) in [5.41, 5.74) is 3.39. The Morgan fingerprint density at radius 3 is 2.31 bits per heavy atom. The molecule has 2 atom stereocenters. The zero-order chi connectivity index (χ0) is 21.9. The summed E-state index contributed by atoms with van der Waals surface area (Å²) in [5, 5.41) is 2.77. The number of carbonyl (C=O) groups excluding carboxylic acids is 2. The van der Waals surface area contributed by atoms with E-state index >= 15 is 0 Å². The summed E-state index contributed by atoms with van der Waals surface area (Å²) in [7, 11) is 0. The van der Waals surface area contributed by atoms with Crippen LogP contribution in [0.5, 0.6) is 0 Å². The molecule has 6 nitrogen and oxygen atoms in total. The Morgan fingerprint density at radius 2 is 1.76 bits per heavy atom. The van der Waals surface area contributed by atoms with Crippen LogP contribution in [0.3, 0.4) is 0 Å². The summed E-state index contributed by atoms with van der Waals surface area (Å²) in [6, 6.07) is 9.26. The molecule has 2 N–H and O–H groups in total. The number of amides is 1. The predicted octanol–water partition coefficient (Wildman–Crippen LogP) is 4.63. The van der Waals surface area contributed by atoms with E-state index in [4.69, 9.17) is 9.57 Å². The lowest BCUT2D eigenvalue weighted by Gasteiger charge is -2.28. The molecular weight excluding hydrogens is 368 g/mol. The fraction of sp³-hybridized carbons (Fsp3) is 0.652. The van der Waals surface area contributed by atoms with Crippen LogP contribution in [0, 0.1) is 11.8 Å². The van der Waals surface area contributed by atoms with Gasteiger partial charge >= 0.3 is 6.09 Å². The first-order valence-corrected chi connectivity index (χ1v) is 10.6. The number of Topliss-reactive ketones (excluding diaryl/α,β-unsaturated/α-hetero) is 1. The number of benzene rings is 1. The van der Waals surface area contributed by atoms with Crippen LogP contribution in [0.4, 0.5) is 4.79 Å². The molecule has 0 aliphatic rings. The van der Waals surface area contributed by atoms with Crippen molar-refractivity contribution in [3.05, 3.63) is 35.9 Å². The fourth-order valence-corrected chi connectivity index (χ4v) is 2.92. The lowest BCUT2D eigenvalue weighted by Crippen LogP contribution is -2.49. The van der Waals surface area contributed by atoms with Crippen molar-refractivity contribution < 1.29 is 19.2 Å². The van der Waals surface area contributed by atoms with Crippen molar-refractivity contribution in [2.75, 3.05) is 6.54 Å². The monoisotopic (exact) mass is 406 g/mol. The Kier molecular flexibility index (Phi) is 10.9. The Labute approximate surface area is 175 Å². The maximum absolute atomic E-state index is 13.2. The molecule has 0 unspecified atom stereocenters. The number of hydrogen-bond donors (Lipinski definition) is 2. The Morgan fingerprint density at radius 1 is 1.10 bits per heavy atom. The van der Waals surface area contributed by atoms with Gasteiger partial charge in [-0.25, -0.2) is 10.3 Å². The van der Waals surface area contributed by atoms with Crippen LogP contribution < -0.4 is 10.8 Å². The van der Waals surface area contributed by atoms with E-state index in [1.54, 1.807) is 20.8 Å². The summed E-state index contributed by atoms with van der Waals surface area (Å²) in [6.07, 6.45) is 2.12. The molecule has 0 heterocycles. The zero-order valence-electron chi connectivity index (χ0n) is 18.8. The van der Waals surface area contributed by atoms with Gasteiger partial charge in [0.25, 0.3) is 0 Å². The Balaban J connectivity index is 2.68. The Bertz CT molecular complexity index is 611. The highest BCUT2D eigenvalue weighted by Crippen LogP contribution is 2.17. The maximum atomic E-state index is 13.2. The van der Waals surface area contributed by atoms with Gasteiger partial charge in [-0.15, -0.1) is 0 Å². The van der Waals surface area contributed by atoms with Crippen molar-refractivity contribution in [1.29, 1.82) is 0 Å². The molecule has 1 rings (SSSR count). The molecule has 1 aromatic carbocycles. The molecule has 0 aliphatic carbocycles. The molecule has 0 saturated carbocycles. The third-order valence-electron chi connectivity index (χ3n) is 4.47. The highest BCUT2D eigenvalue weighted by Gasteiger charge is 2.31. The number of hydroxylamine groups is 1. The van der Waals surface area contributed by atoms with Gasteiger partial charge in [-0.1, -0.05) is 63.9 Å². The molecule has 1 aromatic rings. The maximum Gasteiger partial charge on any atom is 0.408 e. The van der Waals surface area contributed by atoms with Crippen LogP contribution in [0.1, 0.15) is 66.4 Å². The molecule has 29 heavy (non-hydrogen) atoms. The molecule has 164 valence electrons. The molecule has 0 bridgehead atoms. The first-order valence-electron chi connectivity index (χ1n) is 10.6. The number of nitrogens with one attached hydrogen (secondary N) is 2. The number of ether oxygens (including phenoxy) is 1. The normalized spacial score (nSPS) is 13.8. The molecule has 0 aliphatic heterocycles. The predicted molar refractivity (Wildman–Crippen MR) is 115 cm³/mol. The van der Waals surface area contributed by atoms with Crippen LogP contribution >= 0.6 is 0 Å². The summed E-state index contributed by atoms with van der Waals surface area (Å²) in [4.78, 5) is 30.9. The van der Waals surface area contributed by atoms with E-state index in [0.29, 0.717) is 13.2 Å². The van der Waals surface area contributed by atoms with Crippen LogP contribution in [0.2, 0.25) is 0 Å². The molecule has 0 aromatic heterocycles. The van der Waals surface area contributed by atoms with E-state index in [-0.39, 0.29) is 17.6 Å². The number of unbranched alkanes of at least 4 members (excludes halogenated alkanes) is 1. The van der Waals surface area contributed by atoms with Crippen molar-refractivity contribution in [3.8, 4) is 0 Å². The van der Waals surface area contributed by atoms with E-state index in [1.807, 2.05) is 44.2 Å². The number of ketones is 1. The Hall–Kier alpha value is -1.92. The number of rotatable bonds is 12. The number of carbonyl (C=O) groups is 2. The van der Waals surface area contributed by atoms with Gasteiger partial charge in [-0.3, -0.25) is 9.63 Å². The van der Waals surface area contributed by atoms with Crippen molar-refractivity contribution in [3.63, 3.8) is 0 Å². The van der Waals surface area contributed by atoms with Gasteiger partial charge in [0, 0.05) is 12.5 Å². The average molecular weight is 407 g/mol. The zero-order valence-corrected chi connectivity index (χ0v) is 18.8. The van der Waals surface area contributed by atoms with E-state index in [2.05, 4.69) is 17.7 Å². The minimum atomic E-state index is -0.608. The first kappa shape index (κ1) is 25.1. The molecular formula is C23H38N2O4. The minimum absolute atomic E-state index is 0.00937. The van der Waals surface area contributed by atoms with Gasteiger partial charge in [0.15, 0.2) is 5.78 Å². The lowest BCUT2D eigenvalue weighted by atomic mass is 9.88. The lowest BCUT2D eigenvalue weighted by molar-refractivity contribution is -0.127. The van der Waals surface area contributed by atoms with E-state index in [0.717, 1.165) is 24.8 Å². The SMILES string of the molecule is CCCC[C@H](CNOCc1ccccc1)C(=O)[C@@H](NC(=O)OC(C)(C)C)C(C)C. The molecule has 1 amide bonds. The third-order valence-corrected chi connectivity index (χ3v) is 4.47. The molecule has 0 fully saturated rings. The summed E-state index contributed by atoms with van der Waals surface area (Å²) in [5.74, 6) is -0.271. The second kappa shape index (κ2) is 12.6. The van der Waals surface area contributed by atoms with Crippen LogP contribution in [-0.2, 0) is 21.0 Å². The first-order chi connectivity index (χ1) is 13.6. The molecule has 6 heteroatoms. The van der Waals surface area contributed by atoms with Gasteiger partial charge in [-0.05, 0) is 38.7 Å². The van der Waals surface area contributed by atoms with Crippen molar-refractivity contribution in [2.45, 2.75) is 79.1 Å². The van der Waals surface area contributed by atoms with Crippen molar-refractivity contribution >= 4 is 11.9 Å². The topological polar surface area (TPSA) is 76.7 Å². The van der Waals surface area contributed by atoms with E-state index in [1.165, 1.54) is 0 Å². The standard InChI is InChI=1S/C23H38N2O4/c1-7-8-14-19(15-24-28-16-18-12-10-9-11-13-18)21(26)20(17(2)3)25-22(27)29-23(4,5)6/h9-13,17,19-20,24H,7-8,14-16H2,1-6H3,(H,25,27)/t19-,20+/m1/s1. The van der Waals surface area contributed by atoms with Crippen LogP contribution in [-0.4, -0.2) is 30.1 Å². The third kappa shape index (κ3) is 10.4. The second-order valence-electron chi connectivity index (χ2n) is 8.73. The van der Waals surface area contributed by atoms with Crippen LogP contribution in [0.15, 0.2) is 30.3 Å². The minimum Gasteiger partial charge on any atom is -0.444 e. The smallest absolute Gasteiger partial charge is 0.408 e. The van der Waals surface area contributed by atoms with E-state index in [9.17, 15) is 9.59 Å². The number of hydrogen-bond acceptors (Lipinski definition) is 5. The van der Waals surface area contributed by atoms with Crippen LogP contribution in [0.25, 0.3) is 0 Å². The summed E-state index contributed by atoms with van der Waals surface area (Å²) >= 11 is 0. The quantitative estimate of drug-likeness (QED) is 0.391. The summed E-state index contributed by atoms with van der Waals surface area (Å²) in [6.45, 7) is 12.2. The second-order valence-corrected chi connectivity index (χ2v) is 8.73. The number of alkyl carbamates (subject to hydrolysis) is 1. The molecule has 0 saturated heterocycles. The highest BCUT2D eigenvalue weighted by atomic mass is 16.6. The average Bonchev–Trinajstić information content (AvgIpc) is 2.64. The summed E-state index contributed by atoms with van der Waals surface area (Å²) < 4.78 is 5.33. The van der Waals surface area contributed by atoms with Crippen molar-refractivity contribution in [1.82, 2.24) is 10.8 Å². The van der Waals surface area contributed by atoms with Gasteiger partial charge in [0.2, 0.25) is 0 Å². The van der Waals surface area contributed by atoms with Gasteiger partial charge in [0.1, 0.15) is 5.60 Å². The van der Waals surface area contributed by atoms with Crippen molar-refractivity contribution in [2.24, 2.45) is 11.8 Å². The highest BCUT2D eigenvalue weighted by molar-refractivity contribution is 5.89. The fourth-order valence-electron chi connectivity index (χ4n) is 2.92. The molecule has 0 spiro atoms. The van der Waals surface area contributed by atoms with Gasteiger partial charge in [-0.2, -0.15) is 0 Å². The van der Waals surface area contributed by atoms with E-state index < -0.39 is 17.7 Å². The largest absolute Gasteiger partial charge is 0.444 e. The van der Waals surface area contributed by atoms with Gasteiger partial charge in [0.05, 0.1) is 12.6 Å².